The molecule has 188 valence electrons. The van der Waals surface area contributed by atoms with E-state index in [1.54, 1.807) is 25.1 Å². The fourth-order valence-corrected chi connectivity index (χ4v) is 4.51. The molecule has 1 fully saturated rings. The largest absolute Gasteiger partial charge is 0.471 e. The second-order valence-electron chi connectivity index (χ2n) is 8.37. The summed E-state index contributed by atoms with van der Waals surface area (Å²) in [6.07, 6.45) is -2.49. The summed E-state index contributed by atoms with van der Waals surface area (Å²) in [6.45, 7) is 4.41. The molecule has 0 aliphatic carbocycles. The highest BCUT2D eigenvalue weighted by molar-refractivity contribution is 5.99. The van der Waals surface area contributed by atoms with Crippen LogP contribution in [-0.4, -0.2) is 52.7 Å². The van der Waals surface area contributed by atoms with Gasteiger partial charge in [-0.25, -0.2) is 9.79 Å². The molecular weight excluding hydrogens is 475 g/mol. The molecule has 0 unspecified atom stereocenters. The molecule has 1 amide bonds. The van der Waals surface area contributed by atoms with E-state index in [4.69, 9.17) is 4.79 Å². The van der Waals surface area contributed by atoms with Gasteiger partial charge in [0.15, 0.2) is 0 Å². The van der Waals surface area contributed by atoms with Crippen molar-refractivity contribution >= 4 is 12.0 Å². The molecule has 1 N–H and O–H groups in total. The fourth-order valence-electron chi connectivity index (χ4n) is 4.51. The van der Waals surface area contributed by atoms with Crippen LogP contribution in [0.3, 0.4) is 0 Å². The van der Waals surface area contributed by atoms with Crippen molar-refractivity contribution in [2.24, 2.45) is 4.99 Å². The number of hydrogen-bond acceptors (Lipinski definition) is 7. The Morgan fingerprint density at radius 1 is 1.22 bits per heavy atom. The topological polar surface area (TPSA) is 101 Å². The van der Waals surface area contributed by atoms with Crippen LogP contribution >= 0.6 is 0 Å². The Bertz CT molecular complexity index is 1260. The number of nitrogens with one attached hydrogen (secondary N) is 1. The predicted octanol–water partition coefficient (Wildman–Crippen LogP) is 4.20. The quantitative estimate of drug-likeness (QED) is 0.427. The highest BCUT2D eigenvalue weighted by Crippen LogP contribution is 2.36. The zero-order valence-corrected chi connectivity index (χ0v) is 19.5. The molecular formula is C25H24F3N5O3. The molecule has 0 spiro atoms. The SMILES string of the molecule is CCN=C=O.O=C1c2cc(-c3noc(C(F)(F)F)n3)ccc2CN1[C@@H]1CCNC[C@H]1c1ccccc1. The Morgan fingerprint density at radius 2 is 2.00 bits per heavy atom. The number of hydrogen-bond donors (Lipinski definition) is 1. The van der Waals surface area contributed by atoms with Gasteiger partial charge in [-0.3, -0.25) is 4.79 Å². The van der Waals surface area contributed by atoms with Crippen molar-refractivity contribution in [2.75, 3.05) is 19.6 Å². The highest BCUT2D eigenvalue weighted by Gasteiger charge is 2.40. The number of amides is 1. The number of aliphatic imine (C=N–C) groups is 1. The lowest BCUT2D eigenvalue weighted by molar-refractivity contribution is -0.159. The van der Waals surface area contributed by atoms with Crippen LogP contribution in [0.15, 0.2) is 58.0 Å². The van der Waals surface area contributed by atoms with E-state index in [1.807, 2.05) is 23.1 Å². The van der Waals surface area contributed by atoms with Crippen molar-refractivity contribution in [3.63, 3.8) is 0 Å². The van der Waals surface area contributed by atoms with Gasteiger partial charge in [0.2, 0.25) is 11.9 Å². The van der Waals surface area contributed by atoms with Crippen LogP contribution in [0.25, 0.3) is 11.4 Å². The lowest BCUT2D eigenvalue weighted by atomic mass is 9.86. The first kappa shape index (κ1) is 25.3. The Labute approximate surface area is 205 Å². The van der Waals surface area contributed by atoms with Crippen LogP contribution in [-0.2, 0) is 17.5 Å². The predicted molar refractivity (Wildman–Crippen MR) is 124 cm³/mol. The van der Waals surface area contributed by atoms with E-state index in [2.05, 4.69) is 37.1 Å². The van der Waals surface area contributed by atoms with Crippen molar-refractivity contribution in [2.45, 2.75) is 38.0 Å². The van der Waals surface area contributed by atoms with E-state index in [0.717, 1.165) is 25.1 Å². The average Bonchev–Trinajstić information content (AvgIpc) is 3.51. The molecule has 36 heavy (non-hydrogen) atoms. The summed E-state index contributed by atoms with van der Waals surface area (Å²) in [5.41, 5.74) is 2.81. The van der Waals surface area contributed by atoms with Gasteiger partial charge >= 0.3 is 12.1 Å². The van der Waals surface area contributed by atoms with Crippen molar-refractivity contribution < 1.29 is 27.3 Å². The maximum absolute atomic E-state index is 13.3. The zero-order valence-electron chi connectivity index (χ0n) is 19.5. The van der Waals surface area contributed by atoms with Gasteiger partial charge in [0.05, 0.1) is 0 Å². The van der Waals surface area contributed by atoms with Gasteiger partial charge in [-0.2, -0.15) is 18.2 Å². The molecule has 11 heteroatoms. The normalized spacial score (nSPS) is 19.2. The van der Waals surface area contributed by atoms with Crippen LogP contribution in [0.5, 0.6) is 0 Å². The van der Waals surface area contributed by atoms with E-state index in [9.17, 15) is 18.0 Å². The molecule has 2 atom stereocenters. The van der Waals surface area contributed by atoms with Crippen LogP contribution in [0, 0.1) is 0 Å². The smallest absolute Gasteiger partial charge is 0.331 e. The summed E-state index contributed by atoms with van der Waals surface area (Å²) in [7, 11) is 0. The Balaban J connectivity index is 0.000000556. The minimum Gasteiger partial charge on any atom is -0.331 e. The molecule has 0 radical (unpaired) electrons. The maximum atomic E-state index is 13.3. The first-order valence-corrected chi connectivity index (χ1v) is 11.5. The number of piperidine rings is 1. The first-order chi connectivity index (χ1) is 17.3. The summed E-state index contributed by atoms with van der Waals surface area (Å²) < 4.78 is 42.6. The molecule has 5 rings (SSSR count). The molecule has 0 saturated carbocycles. The summed E-state index contributed by atoms with van der Waals surface area (Å²) in [5.74, 6) is -1.55. The van der Waals surface area contributed by atoms with Crippen molar-refractivity contribution in [3.8, 4) is 11.4 Å². The Hall–Kier alpha value is -3.82. The number of nitrogens with zero attached hydrogens (tertiary/aromatic N) is 4. The van der Waals surface area contributed by atoms with Gasteiger partial charge in [-0.1, -0.05) is 47.6 Å². The van der Waals surface area contributed by atoms with Crippen molar-refractivity contribution in [1.82, 2.24) is 20.4 Å². The minimum absolute atomic E-state index is 0.0361. The second kappa shape index (κ2) is 10.8. The monoisotopic (exact) mass is 499 g/mol. The summed E-state index contributed by atoms with van der Waals surface area (Å²) >= 11 is 0. The molecule has 0 bridgehead atoms. The lowest BCUT2D eigenvalue weighted by Crippen LogP contribution is -2.48. The van der Waals surface area contributed by atoms with E-state index in [1.165, 1.54) is 11.6 Å². The number of alkyl halides is 3. The Morgan fingerprint density at radius 3 is 2.64 bits per heavy atom. The van der Waals surface area contributed by atoms with E-state index in [-0.39, 0.29) is 23.7 Å². The number of benzene rings is 2. The van der Waals surface area contributed by atoms with E-state index >= 15 is 0 Å². The minimum atomic E-state index is -4.71. The van der Waals surface area contributed by atoms with Crippen LogP contribution in [0.1, 0.15) is 46.6 Å². The van der Waals surface area contributed by atoms with E-state index in [0.29, 0.717) is 24.2 Å². The third-order valence-corrected chi connectivity index (χ3v) is 6.16. The third kappa shape index (κ3) is 5.37. The number of carbonyl (C=O) groups excluding carboxylic acids is 2. The molecule has 1 saturated heterocycles. The number of carbonyl (C=O) groups is 1. The standard InChI is InChI=1S/C22H19F3N4O2.C3H5NO/c23-22(24,25)21-27-19(28-31-21)14-6-7-15-12-29(20(30)16(15)10-14)18-8-9-26-11-17(18)13-4-2-1-3-5-13;1-2-4-3-5/h1-7,10,17-18,26H,8-9,11-12H2;2H2,1H3/t17-,18+;/m0./s1. The van der Waals surface area contributed by atoms with Gasteiger partial charge in [0, 0.05) is 42.7 Å². The van der Waals surface area contributed by atoms with Gasteiger partial charge in [-0.15, -0.1) is 0 Å². The molecule has 2 aliphatic heterocycles. The zero-order chi connectivity index (χ0) is 25.7. The van der Waals surface area contributed by atoms with Gasteiger partial charge in [-0.05, 0) is 37.1 Å². The lowest BCUT2D eigenvalue weighted by Gasteiger charge is -2.38. The van der Waals surface area contributed by atoms with Gasteiger partial charge in [0.25, 0.3) is 5.91 Å². The molecule has 3 aromatic rings. The number of aromatic nitrogens is 2. The number of fused-ring (bicyclic) bond motifs is 1. The van der Waals surface area contributed by atoms with E-state index < -0.39 is 12.1 Å². The Kier molecular flexibility index (Phi) is 7.61. The summed E-state index contributed by atoms with van der Waals surface area (Å²) in [6, 6.07) is 15.1. The molecule has 1 aromatic heterocycles. The van der Waals surface area contributed by atoms with Crippen LogP contribution < -0.4 is 5.32 Å². The second-order valence-corrected chi connectivity index (χ2v) is 8.37. The maximum Gasteiger partial charge on any atom is 0.471 e. The average molecular weight is 499 g/mol. The van der Waals surface area contributed by atoms with Gasteiger partial charge < -0.3 is 14.7 Å². The number of isocyanates is 1. The molecule has 2 aliphatic rings. The number of rotatable bonds is 4. The molecule has 8 nitrogen and oxygen atoms in total. The van der Waals surface area contributed by atoms with Crippen molar-refractivity contribution in [1.29, 1.82) is 0 Å². The molecule has 3 heterocycles. The summed E-state index contributed by atoms with van der Waals surface area (Å²) in [4.78, 5) is 30.9. The van der Waals surface area contributed by atoms with Crippen LogP contribution in [0.4, 0.5) is 13.2 Å². The number of halogens is 3. The first-order valence-electron chi connectivity index (χ1n) is 11.5. The molecule has 2 aromatic carbocycles. The van der Waals surface area contributed by atoms with Crippen LogP contribution in [0.2, 0.25) is 0 Å². The van der Waals surface area contributed by atoms with Crippen molar-refractivity contribution in [3.05, 3.63) is 71.1 Å². The fraction of sp³-hybridized carbons (Fsp3) is 0.360. The highest BCUT2D eigenvalue weighted by atomic mass is 19.4. The third-order valence-electron chi connectivity index (χ3n) is 6.16. The summed E-state index contributed by atoms with van der Waals surface area (Å²) in [5, 5.41) is 6.84. The van der Waals surface area contributed by atoms with Gasteiger partial charge in [0.1, 0.15) is 0 Å².